The lowest BCUT2D eigenvalue weighted by molar-refractivity contribution is -0.305. The highest BCUT2D eigenvalue weighted by molar-refractivity contribution is 5.80. The molecule has 0 aromatic rings. The molecule has 11 nitrogen and oxygen atoms in total. The van der Waals surface area contributed by atoms with E-state index in [4.69, 9.17) is 14.2 Å². The summed E-state index contributed by atoms with van der Waals surface area (Å²) in [6, 6.07) is -1.03. The highest BCUT2D eigenvalue weighted by Crippen LogP contribution is 2.26. The molecule has 1 aliphatic heterocycles. The summed E-state index contributed by atoms with van der Waals surface area (Å²) in [4.78, 5) is 26.7. The van der Waals surface area contributed by atoms with Crippen LogP contribution in [0.15, 0.2) is 97.2 Å². The molecule has 0 aromatic heterocycles. The van der Waals surface area contributed by atoms with E-state index in [1.807, 2.05) is 6.08 Å². The van der Waals surface area contributed by atoms with Gasteiger partial charge in [0, 0.05) is 6.42 Å². The number of amides is 1. The molecule has 1 rings (SSSR count). The predicted octanol–water partition coefficient (Wildman–Crippen LogP) is 19.0. The molecule has 0 spiro atoms. The van der Waals surface area contributed by atoms with E-state index >= 15 is 0 Å². The molecule has 0 aliphatic carbocycles. The van der Waals surface area contributed by atoms with Crippen LogP contribution in [-0.4, -0.2) is 99.6 Å². The van der Waals surface area contributed by atoms with Crippen LogP contribution in [0.25, 0.3) is 0 Å². The Morgan fingerprint density at radius 1 is 0.455 bits per heavy atom. The number of allylic oxidation sites excluding steroid dienone is 15. The van der Waals surface area contributed by atoms with Gasteiger partial charge in [0.25, 0.3) is 0 Å². The number of aliphatic hydroxyl groups is 5. The second-order valence-electron chi connectivity index (χ2n) is 24.9. The lowest BCUT2D eigenvalue weighted by Gasteiger charge is -2.41. The van der Waals surface area contributed by atoms with Crippen molar-refractivity contribution in [1.82, 2.24) is 5.32 Å². The molecule has 1 saturated heterocycles. The van der Waals surface area contributed by atoms with E-state index in [-0.39, 0.29) is 19.4 Å². The molecular weight excluding hydrogens is 1100 g/mol. The van der Waals surface area contributed by atoms with E-state index < -0.39 is 67.4 Å². The maximum absolute atomic E-state index is 13.5. The molecule has 0 radical (unpaired) electrons. The fourth-order valence-electron chi connectivity index (χ4n) is 11.0. The number of hydrogen-bond acceptors (Lipinski definition) is 10. The van der Waals surface area contributed by atoms with Crippen molar-refractivity contribution in [2.24, 2.45) is 0 Å². The summed E-state index contributed by atoms with van der Waals surface area (Å²) < 4.78 is 17.7. The lowest BCUT2D eigenvalue weighted by Crippen LogP contribution is -2.61. The summed E-state index contributed by atoms with van der Waals surface area (Å²) in [5.41, 5.74) is 0. The molecule has 11 heteroatoms. The molecule has 1 amide bonds. The van der Waals surface area contributed by atoms with Crippen molar-refractivity contribution in [2.75, 3.05) is 13.2 Å². The predicted molar refractivity (Wildman–Crippen MR) is 370 cm³/mol. The van der Waals surface area contributed by atoms with Gasteiger partial charge in [-0.2, -0.15) is 0 Å². The van der Waals surface area contributed by atoms with Gasteiger partial charge >= 0.3 is 5.97 Å². The smallest absolute Gasteiger partial charge is 0.306 e. The van der Waals surface area contributed by atoms with Crippen LogP contribution in [0.1, 0.15) is 316 Å². The summed E-state index contributed by atoms with van der Waals surface area (Å²) >= 11 is 0. The molecule has 508 valence electrons. The van der Waals surface area contributed by atoms with Crippen molar-refractivity contribution in [2.45, 2.75) is 365 Å². The maximum atomic E-state index is 13.5. The zero-order valence-electron chi connectivity index (χ0n) is 56.6. The highest BCUT2D eigenvalue weighted by Gasteiger charge is 2.47. The van der Waals surface area contributed by atoms with Gasteiger partial charge in [0.2, 0.25) is 5.91 Å². The molecule has 8 unspecified atom stereocenters. The van der Waals surface area contributed by atoms with E-state index in [2.05, 4.69) is 111 Å². The first-order chi connectivity index (χ1) is 43.2. The number of hydrogen-bond donors (Lipinski definition) is 6. The first kappa shape index (κ1) is 82.6. The van der Waals surface area contributed by atoms with Crippen molar-refractivity contribution in [3.05, 3.63) is 97.2 Å². The van der Waals surface area contributed by atoms with Crippen LogP contribution in [-0.2, 0) is 23.8 Å². The largest absolute Gasteiger partial charge is 0.454 e. The van der Waals surface area contributed by atoms with E-state index in [0.29, 0.717) is 12.8 Å². The Bertz CT molecular complexity index is 1800. The van der Waals surface area contributed by atoms with Gasteiger partial charge in [0.1, 0.15) is 24.4 Å². The minimum atomic E-state index is -1.63. The summed E-state index contributed by atoms with van der Waals surface area (Å²) in [6.45, 7) is 5.69. The molecule has 1 heterocycles. The molecule has 88 heavy (non-hydrogen) atoms. The fourth-order valence-corrected chi connectivity index (χ4v) is 11.0. The number of unbranched alkanes of at least 4 members (excludes halogenated alkanes) is 34. The Labute approximate surface area is 539 Å². The number of esters is 1. The van der Waals surface area contributed by atoms with E-state index in [1.165, 1.54) is 167 Å². The molecule has 1 aliphatic rings. The molecule has 0 saturated carbocycles. The Morgan fingerprint density at radius 3 is 1.24 bits per heavy atom. The van der Waals surface area contributed by atoms with Crippen molar-refractivity contribution < 1.29 is 49.3 Å². The van der Waals surface area contributed by atoms with Crippen LogP contribution >= 0.6 is 0 Å². The van der Waals surface area contributed by atoms with Gasteiger partial charge in [-0.05, 0) is 103 Å². The monoisotopic (exact) mass is 1230 g/mol. The van der Waals surface area contributed by atoms with Crippen molar-refractivity contribution in [3.63, 3.8) is 0 Å². The van der Waals surface area contributed by atoms with Gasteiger partial charge in [0.05, 0.1) is 25.4 Å². The Hall–Kier alpha value is -3.42. The van der Waals surface area contributed by atoms with Crippen LogP contribution in [0, 0.1) is 0 Å². The molecule has 8 atom stereocenters. The lowest BCUT2D eigenvalue weighted by atomic mass is 9.99. The summed E-state index contributed by atoms with van der Waals surface area (Å²) in [5.74, 6) is -1.22. The Morgan fingerprint density at radius 2 is 0.818 bits per heavy atom. The molecule has 6 N–H and O–H groups in total. The van der Waals surface area contributed by atoms with Gasteiger partial charge in [-0.3, -0.25) is 9.59 Å². The van der Waals surface area contributed by atoms with Gasteiger partial charge in [-0.25, -0.2) is 0 Å². The number of nitrogens with one attached hydrogen (secondary N) is 1. The number of carbonyl (C=O) groups excluding carboxylic acids is 2. The van der Waals surface area contributed by atoms with Gasteiger partial charge in [-0.15, -0.1) is 0 Å². The minimum absolute atomic E-state index is 0.0902. The summed E-state index contributed by atoms with van der Waals surface area (Å²) in [7, 11) is 0. The van der Waals surface area contributed by atoms with Crippen molar-refractivity contribution in [1.29, 1.82) is 0 Å². The zero-order valence-corrected chi connectivity index (χ0v) is 56.6. The third-order valence-electron chi connectivity index (χ3n) is 16.7. The van der Waals surface area contributed by atoms with Gasteiger partial charge < -0.3 is 45.1 Å². The number of rotatable bonds is 62. The molecular formula is C77H135NO10. The summed E-state index contributed by atoms with van der Waals surface area (Å²) in [5, 5.41) is 57.3. The topological polar surface area (TPSA) is 175 Å². The number of aliphatic hydroxyl groups excluding tert-OH is 5. The van der Waals surface area contributed by atoms with E-state index in [0.717, 1.165) is 103 Å². The third kappa shape index (κ3) is 50.3. The average molecular weight is 1230 g/mol. The number of carbonyl (C=O) groups is 2. The second kappa shape index (κ2) is 63.7. The second-order valence-corrected chi connectivity index (χ2v) is 24.9. The average Bonchev–Trinajstić information content (AvgIpc) is 2.54. The standard InChI is InChI=1S/C77H135NO10/c1-4-7-10-13-16-19-22-25-27-29-31-33-35-37-38-40-42-44-46-49-52-55-58-61-64-70(81)76(85)78-68(69(80)63-60-57-54-51-48-24-21-18-15-12-9-6-3)67-86-77-75(74(84)73(83)71(66-79)87-77)88-72(82)65-62-59-56-53-50-47-45-43-41-39-36-34-32-30-28-26-23-20-17-14-11-8-5-2/h8,11,17,20,25-28,32,34,39,41,45,47,60,63,68-71,73-75,77,79-81,83-84H,4-7,9-10,12-16,18-19,21-24,29-31,33,35-38,40,42-44,46,48-59,61-62,64-67H2,1-3H3,(H,78,85)/b11-8-,20-17-,27-25+,28-26-,34-32-,41-39-,47-45-,63-60+. The third-order valence-corrected chi connectivity index (χ3v) is 16.7. The zero-order chi connectivity index (χ0) is 63.9. The van der Waals surface area contributed by atoms with Crippen LogP contribution < -0.4 is 5.32 Å². The Kier molecular flexibility index (Phi) is 59.8. The van der Waals surface area contributed by atoms with Crippen LogP contribution in [0.3, 0.4) is 0 Å². The Balaban J connectivity index is 2.58. The minimum Gasteiger partial charge on any atom is -0.454 e. The first-order valence-corrected chi connectivity index (χ1v) is 36.5. The number of ether oxygens (including phenoxy) is 3. The van der Waals surface area contributed by atoms with Crippen LogP contribution in [0.4, 0.5) is 0 Å². The molecule has 0 bridgehead atoms. The van der Waals surface area contributed by atoms with Crippen molar-refractivity contribution in [3.8, 4) is 0 Å². The summed E-state index contributed by atoms with van der Waals surface area (Å²) in [6.07, 6.45) is 75.9. The normalized spacial score (nSPS) is 18.8. The van der Waals surface area contributed by atoms with Gasteiger partial charge in [-0.1, -0.05) is 304 Å². The van der Waals surface area contributed by atoms with Gasteiger partial charge in [0.15, 0.2) is 12.4 Å². The van der Waals surface area contributed by atoms with E-state index in [9.17, 15) is 35.1 Å². The van der Waals surface area contributed by atoms with Crippen molar-refractivity contribution >= 4 is 11.9 Å². The molecule has 1 fully saturated rings. The van der Waals surface area contributed by atoms with E-state index in [1.54, 1.807) is 6.08 Å². The SMILES string of the molecule is CC/C=C\C/C=C\C/C=C\C/C=C\C/C=C\C/C=C\CCCCCCC(=O)OC1C(OCC(NC(=O)C(O)CCCCCCCCCCCCCCCC/C=C/CCCCCCCC)C(O)/C=C/CCCCCCCCCCCC)OC(CO)C(O)C1O. The first-order valence-electron chi connectivity index (χ1n) is 36.5. The fraction of sp³-hybridized carbons (Fsp3) is 0.766. The quantitative estimate of drug-likeness (QED) is 0.0195. The van der Waals surface area contributed by atoms with Crippen LogP contribution in [0.2, 0.25) is 0 Å². The highest BCUT2D eigenvalue weighted by atomic mass is 16.7. The van der Waals surface area contributed by atoms with Crippen LogP contribution in [0.5, 0.6) is 0 Å². The molecule has 0 aromatic carbocycles. The maximum Gasteiger partial charge on any atom is 0.306 e.